The van der Waals surface area contributed by atoms with E-state index in [0.717, 1.165) is 17.3 Å². The van der Waals surface area contributed by atoms with Crippen molar-refractivity contribution in [1.29, 1.82) is 0 Å². The van der Waals surface area contributed by atoms with Gasteiger partial charge in [-0.3, -0.25) is 0 Å². The Labute approximate surface area is 126 Å². The topological polar surface area (TPSA) is 34.1 Å². The standard InChI is InChI=1S/C14H17BrN2OS/c1-16-12(7-13-6-11(15)9-19-13)5-10-3-4-14(18-2)17-8-10/h3-4,6,8-9,12,16H,5,7H2,1-2H3. The van der Waals surface area contributed by atoms with Gasteiger partial charge < -0.3 is 10.1 Å². The number of thiophene rings is 1. The zero-order valence-corrected chi connectivity index (χ0v) is 13.4. The maximum atomic E-state index is 5.07. The minimum Gasteiger partial charge on any atom is -0.481 e. The summed E-state index contributed by atoms with van der Waals surface area (Å²) in [5, 5.41) is 5.49. The van der Waals surface area contributed by atoms with Crippen LogP contribution in [0.2, 0.25) is 0 Å². The third-order valence-electron chi connectivity index (χ3n) is 2.97. The average Bonchev–Trinajstić information content (AvgIpc) is 2.84. The van der Waals surface area contributed by atoms with Crippen LogP contribution in [0.1, 0.15) is 10.4 Å². The zero-order valence-electron chi connectivity index (χ0n) is 11.0. The van der Waals surface area contributed by atoms with Gasteiger partial charge in [-0.05, 0) is 47.4 Å². The number of aromatic nitrogens is 1. The van der Waals surface area contributed by atoms with E-state index in [4.69, 9.17) is 4.74 Å². The molecule has 2 rings (SSSR count). The fourth-order valence-corrected chi connectivity index (χ4v) is 3.45. The summed E-state index contributed by atoms with van der Waals surface area (Å²) < 4.78 is 6.23. The van der Waals surface area contributed by atoms with E-state index in [1.54, 1.807) is 18.4 Å². The van der Waals surface area contributed by atoms with Gasteiger partial charge in [-0.2, -0.15) is 0 Å². The van der Waals surface area contributed by atoms with Crippen LogP contribution in [0.5, 0.6) is 5.88 Å². The molecule has 0 saturated heterocycles. The maximum Gasteiger partial charge on any atom is 0.212 e. The molecule has 0 aliphatic rings. The maximum absolute atomic E-state index is 5.07. The smallest absolute Gasteiger partial charge is 0.212 e. The molecule has 0 aliphatic carbocycles. The minimum atomic E-state index is 0.417. The Bertz CT molecular complexity index is 512. The van der Waals surface area contributed by atoms with Crippen LogP contribution in [-0.4, -0.2) is 25.2 Å². The molecule has 0 amide bonds. The highest BCUT2D eigenvalue weighted by molar-refractivity contribution is 9.10. The van der Waals surface area contributed by atoms with Gasteiger partial charge in [0.05, 0.1) is 7.11 Å². The fraction of sp³-hybridized carbons (Fsp3) is 0.357. The van der Waals surface area contributed by atoms with Gasteiger partial charge in [-0.1, -0.05) is 6.07 Å². The van der Waals surface area contributed by atoms with Crippen LogP contribution in [0.3, 0.4) is 0 Å². The number of nitrogens with one attached hydrogen (secondary N) is 1. The van der Waals surface area contributed by atoms with Crippen molar-refractivity contribution in [3.63, 3.8) is 0 Å². The van der Waals surface area contributed by atoms with Gasteiger partial charge in [0.15, 0.2) is 0 Å². The van der Waals surface area contributed by atoms with Gasteiger partial charge in [0.1, 0.15) is 0 Å². The van der Waals surface area contributed by atoms with Gasteiger partial charge in [-0.15, -0.1) is 11.3 Å². The largest absolute Gasteiger partial charge is 0.481 e. The van der Waals surface area contributed by atoms with E-state index in [9.17, 15) is 0 Å². The van der Waals surface area contributed by atoms with Crippen molar-refractivity contribution in [3.8, 4) is 5.88 Å². The van der Waals surface area contributed by atoms with Gasteiger partial charge in [0, 0.05) is 33.0 Å². The Balaban J connectivity index is 1.97. The second kappa shape index (κ2) is 7.03. The normalized spacial score (nSPS) is 12.4. The number of pyridine rings is 1. The predicted octanol–water partition coefficient (Wildman–Crippen LogP) is 3.29. The summed E-state index contributed by atoms with van der Waals surface area (Å²) in [4.78, 5) is 5.62. The Kier molecular flexibility index (Phi) is 5.36. The molecule has 0 aromatic carbocycles. The SMILES string of the molecule is CNC(Cc1ccc(OC)nc1)Cc1cc(Br)cs1. The monoisotopic (exact) mass is 340 g/mol. The van der Waals surface area contributed by atoms with Crippen molar-refractivity contribution >= 4 is 27.3 Å². The Morgan fingerprint density at radius 3 is 2.79 bits per heavy atom. The molecule has 19 heavy (non-hydrogen) atoms. The van der Waals surface area contributed by atoms with E-state index < -0.39 is 0 Å². The predicted molar refractivity (Wildman–Crippen MR) is 83.1 cm³/mol. The van der Waals surface area contributed by atoms with Crippen LogP contribution in [-0.2, 0) is 12.8 Å². The molecule has 0 radical (unpaired) electrons. The summed E-state index contributed by atoms with van der Waals surface area (Å²) in [5.41, 5.74) is 1.22. The minimum absolute atomic E-state index is 0.417. The molecule has 0 bridgehead atoms. The zero-order chi connectivity index (χ0) is 13.7. The molecule has 5 heteroatoms. The van der Waals surface area contributed by atoms with Crippen LogP contribution in [0, 0.1) is 0 Å². The van der Waals surface area contributed by atoms with Gasteiger partial charge in [0.25, 0.3) is 0 Å². The van der Waals surface area contributed by atoms with Crippen LogP contribution < -0.4 is 10.1 Å². The van der Waals surface area contributed by atoms with Gasteiger partial charge >= 0.3 is 0 Å². The molecule has 0 saturated carbocycles. The van der Waals surface area contributed by atoms with Crippen molar-refractivity contribution in [2.45, 2.75) is 18.9 Å². The summed E-state index contributed by atoms with van der Waals surface area (Å²) in [5.74, 6) is 0.659. The van der Waals surface area contributed by atoms with E-state index >= 15 is 0 Å². The average molecular weight is 341 g/mol. The van der Waals surface area contributed by atoms with Crippen molar-refractivity contribution in [1.82, 2.24) is 10.3 Å². The molecule has 0 fully saturated rings. The third-order valence-corrected chi connectivity index (χ3v) is 4.69. The first-order chi connectivity index (χ1) is 9.21. The number of methoxy groups -OCH3 is 1. The number of hydrogen-bond acceptors (Lipinski definition) is 4. The molecule has 1 atom stereocenters. The summed E-state index contributed by atoms with van der Waals surface area (Å²) in [6, 6.07) is 6.58. The van der Waals surface area contributed by atoms with E-state index in [0.29, 0.717) is 11.9 Å². The Hall–Kier alpha value is -0.910. The van der Waals surface area contributed by atoms with E-state index in [1.807, 2.05) is 19.3 Å². The van der Waals surface area contributed by atoms with Crippen LogP contribution in [0.15, 0.2) is 34.2 Å². The molecule has 0 aliphatic heterocycles. The number of halogens is 1. The van der Waals surface area contributed by atoms with Crippen LogP contribution in [0.4, 0.5) is 0 Å². The molecule has 102 valence electrons. The lowest BCUT2D eigenvalue weighted by Gasteiger charge is -2.15. The lowest BCUT2D eigenvalue weighted by molar-refractivity contribution is 0.397. The van der Waals surface area contributed by atoms with Gasteiger partial charge in [0.2, 0.25) is 5.88 Å². The molecule has 2 aromatic rings. The summed E-state index contributed by atoms with van der Waals surface area (Å²) in [7, 11) is 3.64. The first-order valence-corrected chi connectivity index (χ1v) is 7.77. The molecule has 2 heterocycles. The second-order valence-electron chi connectivity index (χ2n) is 4.33. The Morgan fingerprint density at radius 1 is 1.42 bits per heavy atom. The molecular weight excluding hydrogens is 324 g/mol. The Morgan fingerprint density at radius 2 is 2.26 bits per heavy atom. The lowest BCUT2D eigenvalue weighted by atomic mass is 10.0. The molecule has 1 N–H and O–H groups in total. The number of rotatable bonds is 6. The first kappa shape index (κ1) is 14.5. The molecule has 2 aromatic heterocycles. The highest BCUT2D eigenvalue weighted by Gasteiger charge is 2.10. The second-order valence-corrected chi connectivity index (χ2v) is 6.25. The van der Waals surface area contributed by atoms with Crippen molar-refractivity contribution < 1.29 is 4.74 Å². The molecule has 0 spiro atoms. The molecular formula is C14H17BrN2OS. The van der Waals surface area contributed by atoms with Crippen LogP contribution >= 0.6 is 27.3 Å². The third kappa shape index (κ3) is 4.30. The summed E-state index contributed by atoms with van der Waals surface area (Å²) in [6.45, 7) is 0. The van der Waals surface area contributed by atoms with Crippen molar-refractivity contribution in [2.24, 2.45) is 0 Å². The van der Waals surface area contributed by atoms with E-state index in [1.165, 1.54) is 10.4 Å². The quantitative estimate of drug-likeness (QED) is 0.876. The molecule has 1 unspecified atom stereocenters. The van der Waals surface area contributed by atoms with E-state index in [-0.39, 0.29) is 0 Å². The molecule has 3 nitrogen and oxygen atoms in total. The highest BCUT2D eigenvalue weighted by atomic mass is 79.9. The summed E-state index contributed by atoms with van der Waals surface area (Å²) in [6.07, 6.45) is 3.87. The number of ether oxygens (including phenoxy) is 1. The fourth-order valence-electron chi connectivity index (χ4n) is 1.92. The highest BCUT2D eigenvalue weighted by Crippen LogP contribution is 2.21. The number of hydrogen-bond donors (Lipinski definition) is 1. The lowest BCUT2D eigenvalue weighted by Crippen LogP contribution is -2.29. The van der Waals surface area contributed by atoms with Crippen molar-refractivity contribution in [2.75, 3.05) is 14.2 Å². The van der Waals surface area contributed by atoms with Crippen LogP contribution in [0.25, 0.3) is 0 Å². The van der Waals surface area contributed by atoms with Gasteiger partial charge in [-0.25, -0.2) is 4.98 Å². The first-order valence-electron chi connectivity index (χ1n) is 6.10. The summed E-state index contributed by atoms with van der Waals surface area (Å²) >= 11 is 5.28. The number of likely N-dealkylation sites (N-methyl/N-ethyl adjacent to an activating group) is 1. The van der Waals surface area contributed by atoms with E-state index in [2.05, 4.69) is 43.7 Å². The van der Waals surface area contributed by atoms with Crippen molar-refractivity contribution in [3.05, 3.63) is 44.7 Å². The number of nitrogens with zero attached hydrogens (tertiary/aromatic N) is 1.